The van der Waals surface area contributed by atoms with Crippen LogP contribution in [0.3, 0.4) is 0 Å². The van der Waals surface area contributed by atoms with Gasteiger partial charge in [-0.15, -0.1) is 0 Å². The van der Waals surface area contributed by atoms with E-state index in [1.165, 1.54) is 35.6 Å². The Kier molecular flexibility index (Phi) is 6.55. The number of carbonyl (C=O) groups is 1. The molecule has 3 aromatic rings. The van der Waals surface area contributed by atoms with E-state index in [4.69, 9.17) is 9.72 Å². The van der Waals surface area contributed by atoms with Gasteiger partial charge in [-0.1, -0.05) is 17.4 Å². The summed E-state index contributed by atoms with van der Waals surface area (Å²) in [5, 5.41) is 11.6. The molecule has 1 amide bonds. The van der Waals surface area contributed by atoms with Crippen LogP contribution in [0.4, 0.5) is 10.8 Å². The Bertz CT molecular complexity index is 1080. The number of amides is 1. The molecule has 1 aliphatic rings. The number of nitrogens with zero attached hydrogens (tertiary/aromatic N) is 4. The minimum Gasteiger partial charge on any atom is -0.379 e. The Morgan fingerprint density at radius 3 is 2.68 bits per heavy atom. The molecule has 0 radical (unpaired) electrons. The summed E-state index contributed by atoms with van der Waals surface area (Å²) in [6.07, 6.45) is 0.799. The molecule has 1 aliphatic heterocycles. The van der Waals surface area contributed by atoms with Gasteiger partial charge in [-0.2, -0.15) is 0 Å². The predicted molar refractivity (Wildman–Crippen MR) is 121 cm³/mol. The quantitative estimate of drug-likeness (QED) is 0.409. The number of rotatable bonds is 7. The SMILES string of the molecule is Cc1ccc2nc(N(CCCN3CCOCC3)C(=O)c3ccc([N+](=O)[O-])cc3)sc2c1. The first-order valence-electron chi connectivity index (χ1n) is 10.2. The lowest BCUT2D eigenvalue weighted by Gasteiger charge is -2.27. The molecule has 1 aromatic heterocycles. The maximum Gasteiger partial charge on any atom is 0.269 e. The number of morpholine rings is 1. The zero-order chi connectivity index (χ0) is 21.8. The first-order chi connectivity index (χ1) is 15.0. The number of benzene rings is 2. The van der Waals surface area contributed by atoms with Crippen LogP contribution >= 0.6 is 11.3 Å². The fourth-order valence-corrected chi connectivity index (χ4v) is 4.67. The van der Waals surface area contributed by atoms with Crippen molar-refractivity contribution in [1.82, 2.24) is 9.88 Å². The van der Waals surface area contributed by atoms with Gasteiger partial charge in [-0.25, -0.2) is 4.98 Å². The second-order valence-electron chi connectivity index (χ2n) is 7.54. The molecule has 2 heterocycles. The second-order valence-corrected chi connectivity index (χ2v) is 8.55. The van der Waals surface area contributed by atoms with Crippen LogP contribution in [0.15, 0.2) is 42.5 Å². The molecule has 0 saturated carbocycles. The van der Waals surface area contributed by atoms with Crippen molar-refractivity contribution in [1.29, 1.82) is 0 Å². The topological polar surface area (TPSA) is 88.8 Å². The van der Waals surface area contributed by atoms with E-state index in [1.807, 2.05) is 19.1 Å². The van der Waals surface area contributed by atoms with E-state index in [-0.39, 0.29) is 11.6 Å². The third kappa shape index (κ3) is 5.07. The highest BCUT2D eigenvalue weighted by Gasteiger charge is 2.22. The zero-order valence-corrected chi connectivity index (χ0v) is 18.1. The average Bonchev–Trinajstić information content (AvgIpc) is 3.20. The Balaban J connectivity index is 1.57. The van der Waals surface area contributed by atoms with Gasteiger partial charge in [0.25, 0.3) is 11.6 Å². The Morgan fingerprint density at radius 1 is 1.23 bits per heavy atom. The van der Waals surface area contributed by atoms with Crippen LogP contribution < -0.4 is 4.90 Å². The normalized spacial score (nSPS) is 14.6. The van der Waals surface area contributed by atoms with Crippen molar-refractivity contribution >= 4 is 38.3 Å². The number of hydrogen-bond donors (Lipinski definition) is 0. The second kappa shape index (κ2) is 9.51. The molecule has 162 valence electrons. The van der Waals surface area contributed by atoms with Crippen molar-refractivity contribution in [2.45, 2.75) is 13.3 Å². The molecule has 0 atom stereocenters. The van der Waals surface area contributed by atoms with Gasteiger partial charge in [-0.3, -0.25) is 24.7 Å². The first-order valence-corrected chi connectivity index (χ1v) is 11.1. The molecule has 0 unspecified atom stereocenters. The van der Waals surface area contributed by atoms with Crippen LogP contribution in [-0.4, -0.2) is 60.1 Å². The number of nitro groups is 1. The van der Waals surface area contributed by atoms with Gasteiger partial charge in [0, 0.05) is 43.9 Å². The number of fused-ring (bicyclic) bond motifs is 1. The van der Waals surface area contributed by atoms with Gasteiger partial charge in [-0.05, 0) is 43.2 Å². The van der Waals surface area contributed by atoms with Crippen molar-refractivity contribution in [3.63, 3.8) is 0 Å². The number of aromatic nitrogens is 1. The number of anilines is 1. The number of non-ortho nitro benzene ring substituents is 1. The summed E-state index contributed by atoms with van der Waals surface area (Å²) in [4.78, 5) is 32.5. The molecular weight excluding hydrogens is 416 g/mol. The van der Waals surface area contributed by atoms with Gasteiger partial charge in [0.15, 0.2) is 5.13 Å². The Morgan fingerprint density at radius 2 is 1.97 bits per heavy atom. The van der Waals surface area contributed by atoms with E-state index in [2.05, 4.69) is 11.0 Å². The van der Waals surface area contributed by atoms with E-state index in [0.29, 0.717) is 17.2 Å². The van der Waals surface area contributed by atoms with Crippen molar-refractivity contribution in [3.05, 3.63) is 63.7 Å². The van der Waals surface area contributed by atoms with Crippen molar-refractivity contribution in [3.8, 4) is 0 Å². The van der Waals surface area contributed by atoms with E-state index < -0.39 is 4.92 Å². The average molecular weight is 441 g/mol. The number of aryl methyl sites for hydroxylation is 1. The number of ether oxygens (including phenoxy) is 1. The summed E-state index contributed by atoms with van der Waals surface area (Å²) in [7, 11) is 0. The summed E-state index contributed by atoms with van der Waals surface area (Å²) in [6, 6.07) is 11.8. The Labute approximate surface area is 184 Å². The van der Waals surface area contributed by atoms with Crippen LogP contribution in [0.5, 0.6) is 0 Å². The van der Waals surface area contributed by atoms with Gasteiger partial charge in [0.05, 0.1) is 28.4 Å². The van der Waals surface area contributed by atoms with Crippen molar-refractivity contribution in [2.24, 2.45) is 0 Å². The molecule has 8 nitrogen and oxygen atoms in total. The largest absolute Gasteiger partial charge is 0.379 e. The maximum absolute atomic E-state index is 13.3. The van der Waals surface area contributed by atoms with Crippen molar-refractivity contribution in [2.75, 3.05) is 44.3 Å². The summed E-state index contributed by atoms with van der Waals surface area (Å²) < 4.78 is 6.43. The highest BCUT2D eigenvalue weighted by molar-refractivity contribution is 7.22. The molecule has 31 heavy (non-hydrogen) atoms. The van der Waals surface area contributed by atoms with Crippen molar-refractivity contribution < 1.29 is 14.5 Å². The lowest BCUT2D eigenvalue weighted by Crippen LogP contribution is -2.39. The third-order valence-electron chi connectivity index (χ3n) is 5.29. The van der Waals surface area contributed by atoms with E-state index in [9.17, 15) is 14.9 Å². The fraction of sp³-hybridized carbons (Fsp3) is 0.364. The predicted octanol–water partition coefficient (Wildman–Crippen LogP) is 3.88. The zero-order valence-electron chi connectivity index (χ0n) is 17.3. The van der Waals surface area contributed by atoms with Gasteiger partial charge in [0.1, 0.15) is 0 Å². The highest BCUT2D eigenvalue weighted by Crippen LogP contribution is 2.31. The summed E-state index contributed by atoms with van der Waals surface area (Å²) in [5.74, 6) is -0.201. The summed E-state index contributed by atoms with van der Waals surface area (Å²) >= 11 is 1.49. The van der Waals surface area contributed by atoms with Gasteiger partial charge >= 0.3 is 0 Å². The van der Waals surface area contributed by atoms with Crippen LogP contribution in [0.1, 0.15) is 22.3 Å². The lowest BCUT2D eigenvalue weighted by atomic mass is 10.2. The summed E-state index contributed by atoms with van der Waals surface area (Å²) in [5.41, 5.74) is 2.38. The van der Waals surface area contributed by atoms with Crippen LogP contribution in [0.25, 0.3) is 10.2 Å². The lowest BCUT2D eigenvalue weighted by molar-refractivity contribution is -0.384. The number of hydrogen-bond acceptors (Lipinski definition) is 7. The van der Waals surface area contributed by atoms with Crippen LogP contribution in [0.2, 0.25) is 0 Å². The molecule has 2 aromatic carbocycles. The van der Waals surface area contributed by atoms with E-state index in [0.717, 1.165) is 55.0 Å². The molecule has 0 aliphatic carbocycles. The molecule has 9 heteroatoms. The highest BCUT2D eigenvalue weighted by atomic mass is 32.1. The van der Waals surface area contributed by atoms with E-state index in [1.54, 1.807) is 4.90 Å². The number of thiazole rings is 1. The molecular formula is C22H24N4O4S. The van der Waals surface area contributed by atoms with E-state index >= 15 is 0 Å². The molecule has 0 bridgehead atoms. The number of nitro benzene ring substituents is 1. The minimum atomic E-state index is -0.468. The molecule has 0 spiro atoms. The maximum atomic E-state index is 13.3. The molecule has 1 fully saturated rings. The Hall–Kier alpha value is -2.88. The van der Waals surface area contributed by atoms with Crippen LogP contribution in [0, 0.1) is 17.0 Å². The smallest absolute Gasteiger partial charge is 0.269 e. The van der Waals surface area contributed by atoms with Gasteiger partial charge < -0.3 is 4.74 Å². The molecule has 0 N–H and O–H groups in total. The fourth-order valence-electron chi connectivity index (χ4n) is 3.58. The minimum absolute atomic E-state index is 0.0362. The molecule has 4 rings (SSSR count). The summed E-state index contributed by atoms with van der Waals surface area (Å²) in [6.45, 7) is 6.70. The van der Waals surface area contributed by atoms with Gasteiger partial charge in [0.2, 0.25) is 0 Å². The van der Waals surface area contributed by atoms with Crippen LogP contribution in [-0.2, 0) is 4.74 Å². The molecule has 1 saturated heterocycles. The third-order valence-corrected chi connectivity index (χ3v) is 6.33. The monoisotopic (exact) mass is 440 g/mol. The number of carbonyl (C=O) groups excluding carboxylic acids is 1. The first kappa shape index (κ1) is 21.4. The standard InChI is InChI=1S/C22H24N4O4S/c1-16-3-8-19-20(15-16)31-22(23-19)25(10-2-9-24-11-13-30-14-12-24)21(27)17-4-6-18(7-5-17)26(28)29/h3-8,15H,2,9-14H2,1H3.